The lowest BCUT2D eigenvalue weighted by Crippen LogP contribution is -2.49. The lowest BCUT2D eigenvalue weighted by Gasteiger charge is -2.39. The predicted octanol–water partition coefficient (Wildman–Crippen LogP) is 2.02. The zero-order valence-corrected chi connectivity index (χ0v) is 20.8. The first-order valence-electron chi connectivity index (χ1n) is 10.3. The van der Waals surface area contributed by atoms with E-state index in [0.29, 0.717) is 31.0 Å². The number of halogens is 1. The fraction of sp³-hybridized carbons (Fsp3) is 0.789. The molecule has 0 spiro atoms. The minimum Gasteiger partial charge on any atom is -0.357 e. The average molecular weight is 539 g/mol. The zero-order chi connectivity index (χ0) is 20.1. The smallest absolute Gasteiger partial charge is 0.211 e. The summed E-state index contributed by atoms with van der Waals surface area (Å²) in [5.41, 5.74) is 0. The van der Waals surface area contributed by atoms with Crippen LogP contribution in [0, 0.1) is 11.8 Å². The SMILES string of the molecule is CCNC(=NCC1CCN(S(C)(=O)=O)CC1)N1CCC(C)C(n2ccnc2)C1.I. The second kappa shape index (κ2) is 10.9. The highest BCUT2D eigenvalue weighted by Gasteiger charge is 2.29. The van der Waals surface area contributed by atoms with E-state index in [-0.39, 0.29) is 24.0 Å². The number of rotatable bonds is 5. The van der Waals surface area contributed by atoms with Crippen LogP contribution in [0.15, 0.2) is 23.7 Å². The van der Waals surface area contributed by atoms with E-state index in [1.54, 1.807) is 4.31 Å². The Morgan fingerprint density at radius 1 is 1.24 bits per heavy atom. The van der Waals surface area contributed by atoms with Crippen LogP contribution in [0.25, 0.3) is 0 Å². The number of piperidine rings is 2. The van der Waals surface area contributed by atoms with Gasteiger partial charge in [0.1, 0.15) is 0 Å². The second-order valence-electron chi connectivity index (χ2n) is 8.09. The Morgan fingerprint density at radius 3 is 2.55 bits per heavy atom. The van der Waals surface area contributed by atoms with Crippen LogP contribution in [-0.4, -0.2) is 78.7 Å². The molecule has 1 aromatic rings. The molecule has 10 heteroatoms. The molecule has 0 bridgehead atoms. The molecule has 0 saturated carbocycles. The van der Waals surface area contributed by atoms with Crippen molar-refractivity contribution in [3.63, 3.8) is 0 Å². The number of nitrogens with zero attached hydrogens (tertiary/aromatic N) is 5. The lowest BCUT2D eigenvalue weighted by atomic mass is 9.93. The maximum Gasteiger partial charge on any atom is 0.211 e. The van der Waals surface area contributed by atoms with Crippen LogP contribution in [0.5, 0.6) is 0 Å². The van der Waals surface area contributed by atoms with Crippen molar-refractivity contribution in [2.75, 3.05) is 45.5 Å². The van der Waals surface area contributed by atoms with Gasteiger partial charge in [0.05, 0.1) is 18.6 Å². The zero-order valence-electron chi connectivity index (χ0n) is 17.7. The van der Waals surface area contributed by atoms with Crippen molar-refractivity contribution in [2.45, 2.75) is 39.2 Å². The maximum atomic E-state index is 11.7. The molecule has 2 fully saturated rings. The normalized spacial score (nSPS) is 24.9. The summed E-state index contributed by atoms with van der Waals surface area (Å²) in [6.45, 7) is 9.15. The fourth-order valence-electron chi connectivity index (χ4n) is 4.16. The molecule has 2 aliphatic rings. The highest BCUT2D eigenvalue weighted by Crippen LogP contribution is 2.27. The Bertz CT molecular complexity index is 747. The molecule has 8 nitrogen and oxygen atoms in total. The number of nitrogens with one attached hydrogen (secondary N) is 1. The van der Waals surface area contributed by atoms with Gasteiger partial charge in [-0.05, 0) is 38.0 Å². The van der Waals surface area contributed by atoms with Crippen LogP contribution in [0.2, 0.25) is 0 Å². The van der Waals surface area contributed by atoms with Gasteiger partial charge in [0.15, 0.2) is 5.96 Å². The number of imidazole rings is 1. The van der Waals surface area contributed by atoms with E-state index in [2.05, 4.69) is 33.6 Å². The molecule has 0 radical (unpaired) electrons. The van der Waals surface area contributed by atoms with Crippen LogP contribution in [0.4, 0.5) is 0 Å². The van der Waals surface area contributed by atoms with E-state index in [0.717, 1.165) is 51.4 Å². The minimum atomic E-state index is -3.07. The van der Waals surface area contributed by atoms with Crippen LogP contribution >= 0.6 is 24.0 Å². The quantitative estimate of drug-likeness (QED) is 0.353. The average Bonchev–Trinajstić information content (AvgIpc) is 3.20. The summed E-state index contributed by atoms with van der Waals surface area (Å²) in [6, 6.07) is 0.401. The second-order valence-corrected chi connectivity index (χ2v) is 10.1. The van der Waals surface area contributed by atoms with Gasteiger partial charge in [-0.15, -0.1) is 24.0 Å². The van der Waals surface area contributed by atoms with E-state index >= 15 is 0 Å². The van der Waals surface area contributed by atoms with Gasteiger partial charge in [-0.2, -0.15) is 0 Å². The summed E-state index contributed by atoms with van der Waals surface area (Å²) in [5.74, 6) is 2.03. The predicted molar refractivity (Wildman–Crippen MR) is 127 cm³/mol. The van der Waals surface area contributed by atoms with Gasteiger partial charge in [-0.25, -0.2) is 17.7 Å². The molecule has 1 aromatic heterocycles. The summed E-state index contributed by atoms with van der Waals surface area (Å²) in [4.78, 5) is 11.5. The molecule has 0 aromatic carbocycles. The molecule has 0 aliphatic carbocycles. The number of hydrogen-bond donors (Lipinski definition) is 1. The fourth-order valence-corrected chi connectivity index (χ4v) is 5.03. The third-order valence-electron chi connectivity index (χ3n) is 6.00. The third kappa shape index (κ3) is 6.55. The minimum absolute atomic E-state index is 0. The Hall–Kier alpha value is -0.880. The van der Waals surface area contributed by atoms with Gasteiger partial charge < -0.3 is 14.8 Å². The van der Waals surface area contributed by atoms with Crippen LogP contribution in [0.3, 0.4) is 0 Å². The van der Waals surface area contributed by atoms with Gasteiger partial charge in [0, 0.05) is 51.7 Å². The van der Waals surface area contributed by atoms with E-state index in [1.165, 1.54) is 6.26 Å². The first-order valence-corrected chi connectivity index (χ1v) is 12.2. The Balaban J connectivity index is 0.00000300. The number of hydrogen-bond acceptors (Lipinski definition) is 4. The first kappa shape index (κ1) is 24.4. The number of guanidine groups is 1. The van der Waals surface area contributed by atoms with Crippen molar-refractivity contribution in [1.29, 1.82) is 0 Å². The Morgan fingerprint density at radius 2 is 1.97 bits per heavy atom. The molecule has 29 heavy (non-hydrogen) atoms. The van der Waals surface area contributed by atoms with Crippen molar-refractivity contribution < 1.29 is 8.42 Å². The van der Waals surface area contributed by atoms with Crippen molar-refractivity contribution in [3.8, 4) is 0 Å². The molecular weight excluding hydrogens is 503 g/mol. The van der Waals surface area contributed by atoms with Crippen molar-refractivity contribution >= 4 is 40.0 Å². The van der Waals surface area contributed by atoms with Gasteiger partial charge in [-0.1, -0.05) is 6.92 Å². The Kier molecular flexibility index (Phi) is 9.20. The van der Waals surface area contributed by atoms with E-state index < -0.39 is 10.0 Å². The van der Waals surface area contributed by atoms with E-state index in [1.807, 2.05) is 18.7 Å². The summed E-state index contributed by atoms with van der Waals surface area (Å²) in [6.07, 6.45) is 9.97. The molecule has 0 amide bonds. The molecule has 2 saturated heterocycles. The van der Waals surface area contributed by atoms with Crippen LogP contribution in [0.1, 0.15) is 39.2 Å². The highest BCUT2D eigenvalue weighted by atomic mass is 127. The van der Waals surface area contributed by atoms with E-state index in [9.17, 15) is 8.42 Å². The van der Waals surface area contributed by atoms with Crippen LogP contribution in [-0.2, 0) is 10.0 Å². The number of likely N-dealkylation sites (tertiary alicyclic amines) is 1. The lowest BCUT2D eigenvalue weighted by molar-refractivity contribution is 0.188. The van der Waals surface area contributed by atoms with E-state index in [4.69, 9.17) is 4.99 Å². The molecule has 1 N–H and O–H groups in total. The van der Waals surface area contributed by atoms with Gasteiger partial charge in [0.2, 0.25) is 10.0 Å². The number of aromatic nitrogens is 2. The molecular formula is C19H35IN6O2S. The van der Waals surface area contributed by atoms with Gasteiger partial charge in [-0.3, -0.25) is 4.99 Å². The molecule has 2 aliphatic heterocycles. The first-order chi connectivity index (χ1) is 13.4. The van der Waals surface area contributed by atoms with Crippen molar-refractivity contribution in [3.05, 3.63) is 18.7 Å². The van der Waals surface area contributed by atoms with Crippen LogP contribution < -0.4 is 5.32 Å². The standard InChI is InChI=1S/C19H34N6O2S.HI/c1-4-21-19(22-13-17-6-10-25(11-7-17)28(3,26)27)23-9-5-16(2)18(14-23)24-12-8-20-15-24;/h8,12,15-18H,4-7,9-11,13-14H2,1-3H3,(H,21,22);1H. The summed E-state index contributed by atoms with van der Waals surface area (Å²) in [7, 11) is -3.07. The third-order valence-corrected chi connectivity index (χ3v) is 7.31. The topological polar surface area (TPSA) is 82.8 Å². The summed E-state index contributed by atoms with van der Waals surface area (Å²) < 4.78 is 27.2. The maximum absolute atomic E-state index is 11.7. The molecule has 2 atom stereocenters. The summed E-state index contributed by atoms with van der Waals surface area (Å²) in [5, 5.41) is 3.45. The molecule has 2 unspecified atom stereocenters. The number of aliphatic imine (C=N–C) groups is 1. The highest BCUT2D eigenvalue weighted by molar-refractivity contribution is 14.0. The van der Waals surface area contributed by atoms with Gasteiger partial charge >= 0.3 is 0 Å². The van der Waals surface area contributed by atoms with Gasteiger partial charge in [0.25, 0.3) is 0 Å². The summed E-state index contributed by atoms with van der Waals surface area (Å²) >= 11 is 0. The Labute approximate surface area is 192 Å². The molecule has 3 rings (SSSR count). The van der Waals surface area contributed by atoms with Crippen molar-refractivity contribution in [2.24, 2.45) is 16.8 Å². The monoisotopic (exact) mass is 538 g/mol. The largest absolute Gasteiger partial charge is 0.357 e. The molecule has 3 heterocycles. The molecule has 166 valence electrons. The number of sulfonamides is 1. The van der Waals surface area contributed by atoms with Crippen molar-refractivity contribution in [1.82, 2.24) is 24.1 Å².